The molecule has 0 radical (unpaired) electrons. The van der Waals surface area contributed by atoms with Crippen molar-refractivity contribution in [3.63, 3.8) is 0 Å². The lowest BCUT2D eigenvalue weighted by molar-refractivity contribution is 0.0722. The molecular weight excluding hydrogens is 393 g/mol. The van der Waals surface area contributed by atoms with Crippen LogP contribution in [-0.2, 0) is 0 Å². The van der Waals surface area contributed by atoms with Crippen LogP contribution in [0.25, 0.3) is 11.3 Å². The fourth-order valence-electron chi connectivity index (χ4n) is 3.74. The van der Waals surface area contributed by atoms with Crippen molar-refractivity contribution in [2.24, 2.45) is 5.92 Å². The number of aromatic amines is 1. The Morgan fingerprint density at radius 2 is 1.82 bits per heavy atom. The van der Waals surface area contributed by atoms with Gasteiger partial charge < -0.3 is 4.90 Å². The Kier molecular flexibility index (Phi) is 4.94. The van der Waals surface area contributed by atoms with Crippen LogP contribution in [0.1, 0.15) is 47.1 Å². The highest BCUT2D eigenvalue weighted by Crippen LogP contribution is 2.44. The fraction of sp³-hybridized carbons (Fsp3) is 0.273. The zero-order valence-electron chi connectivity index (χ0n) is 16.0. The van der Waals surface area contributed by atoms with Gasteiger partial charge in [0.05, 0.1) is 21.8 Å². The summed E-state index contributed by atoms with van der Waals surface area (Å²) < 4.78 is 0. The average molecular weight is 414 g/mol. The molecule has 28 heavy (non-hydrogen) atoms. The van der Waals surface area contributed by atoms with Crippen molar-refractivity contribution in [2.45, 2.75) is 26.8 Å². The lowest BCUT2D eigenvalue weighted by Gasteiger charge is -2.28. The van der Waals surface area contributed by atoms with E-state index in [0.717, 1.165) is 22.4 Å². The number of carbonyl (C=O) groups excluding carboxylic acids is 1. The van der Waals surface area contributed by atoms with Crippen LogP contribution in [-0.4, -0.2) is 27.5 Å². The summed E-state index contributed by atoms with van der Waals surface area (Å²) in [4.78, 5) is 15.1. The SMILES string of the molecule is Cc1ccc(-c2n[nH]c3c2C(c2ccc(Cl)c(Cl)c2)N(CC(C)C)C3=O)cc1. The van der Waals surface area contributed by atoms with Gasteiger partial charge >= 0.3 is 0 Å². The van der Waals surface area contributed by atoms with E-state index in [1.165, 1.54) is 5.56 Å². The van der Waals surface area contributed by atoms with Crippen molar-refractivity contribution in [2.75, 3.05) is 6.54 Å². The van der Waals surface area contributed by atoms with Crippen molar-refractivity contribution >= 4 is 29.1 Å². The maximum Gasteiger partial charge on any atom is 0.273 e. The summed E-state index contributed by atoms with van der Waals surface area (Å²) in [6.07, 6.45) is 0. The molecule has 1 amide bonds. The minimum absolute atomic E-state index is 0.0364. The maximum atomic E-state index is 13.2. The molecule has 1 aliphatic heterocycles. The maximum absolute atomic E-state index is 13.2. The first kappa shape index (κ1) is 19.0. The van der Waals surface area contributed by atoms with E-state index in [2.05, 4.69) is 24.0 Å². The molecule has 1 unspecified atom stereocenters. The van der Waals surface area contributed by atoms with Crippen molar-refractivity contribution < 1.29 is 4.79 Å². The molecule has 0 spiro atoms. The highest BCUT2D eigenvalue weighted by molar-refractivity contribution is 6.42. The molecule has 0 bridgehead atoms. The predicted molar refractivity (Wildman–Crippen MR) is 113 cm³/mol. The number of fused-ring (bicyclic) bond motifs is 1. The molecule has 1 aromatic heterocycles. The van der Waals surface area contributed by atoms with E-state index < -0.39 is 0 Å². The number of hydrogen-bond acceptors (Lipinski definition) is 2. The number of aryl methyl sites for hydroxylation is 1. The number of benzene rings is 2. The van der Waals surface area contributed by atoms with Gasteiger partial charge in [-0.2, -0.15) is 5.10 Å². The molecule has 3 aromatic rings. The van der Waals surface area contributed by atoms with Crippen LogP contribution in [0.5, 0.6) is 0 Å². The van der Waals surface area contributed by atoms with E-state index in [4.69, 9.17) is 23.2 Å². The summed E-state index contributed by atoms with van der Waals surface area (Å²) >= 11 is 12.4. The number of amides is 1. The lowest BCUT2D eigenvalue weighted by Crippen LogP contribution is -2.32. The zero-order chi connectivity index (χ0) is 20.0. The van der Waals surface area contributed by atoms with E-state index >= 15 is 0 Å². The first-order valence-corrected chi connectivity index (χ1v) is 10.0. The molecule has 1 aliphatic rings. The molecule has 4 rings (SSSR count). The molecule has 1 atom stereocenters. The molecule has 144 valence electrons. The van der Waals surface area contributed by atoms with Crippen LogP contribution in [0.3, 0.4) is 0 Å². The third-order valence-electron chi connectivity index (χ3n) is 5.01. The molecule has 1 N–H and O–H groups in total. The second-order valence-electron chi connectivity index (χ2n) is 7.65. The van der Waals surface area contributed by atoms with Crippen molar-refractivity contribution in [1.29, 1.82) is 0 Å². The smallest absolute Gasteiger partial charge is 0.273 e. The Labute approximate surface area is 174 Å². The summed E-state index contributed by atoms with van der Waals surface area (Å²) in [7, 11) is 0. The second-order valence-corrected chi connectivity index (χ2v) is 8.47. The van der Waals surface area contributed by atoms with Gasteiger partial charge in [0.2, 0.25) is 0 Å². The van der Waals surface area contributed by atoms with Crippen LogP contribution < -0.4 is 0 Å². The van der Waals surface area contributed by atoms with Crippen molar-refractivity contribution in [3.05, 3.63) is 74.9 Å². The molecule has 2 heterocycles. The number of nitrogens with one attached hydrogen (secondary N) is 1. The van der Waals surface area contributed by atoms with Crippen molar-refractivity contribution in [3.8, 4) is 11.3 Å². The molecule has 0 saturated carbocycles. The third kappa shape index (κ3) is 3.21. The van der Waals surface area contributed by atoms with E-state index in [-0.39, 0.29) is 11.9 Å². The zero-order valence-corrected chi connectivity index (χ0v) is 17.5. The molecule has 0 aliphatic carbocycles. The largest absolute Gasteiger partial charge is 0.326 e. The Balaban J connectivity index is 1.89. The predicted octanol–water partition coefficient (Wildman–Crippen LogP) is 5.89. The molecular formula is C22H21Cl2N3O. The quantitative estimate of drug-likeness (QED) is 0.579. The summed E-state index contributed by atoms with van der Waals surface area (Å²) in [6.45, 7) is 6.89. The van der Waals surface area contributed by atoms with Gasteiger partial charge in [-0.05, 0) is 30.5 Å². The monoisotopic (exact) mass is 413 g/mol. The van der Waals surface area contributed by atoms with Crippen LogP contribution in [0.4, 0.5) is 0 Å². The first-order chi connectivity index (χ1) is 13.4. The van der Waals surface area contributed by atoms with Crippen LogP contribution in [0.15, 0.2) is 42.5 Å². The van der Waals surface area contributed by atoms with Gasteiger partial charge in [-0.25, -0.2) is 0 Å². The van der Waals surface area contributed by atoms with Crippen LogP contribution in [0.2, 0.25) is 10.0 Å². The van der Waals surface area contributed by atoms with Gasteiger partial charge in [0.1, 0.15) is 5.69 Å². The van der Waals surface area contributed by atoms with Gasteiger partial charge in [-0.15, -0.1) is 0 Å². The Morgan fingerprint density at radius 1 is 1.11 bits per heavy atom. The van der Waals surface area contributed by atoms with Crippen molar-refractivity contribution in [1.82, 2.24) is 15.1 Å². The number of carbonyl (C=O) groups is 1. The highest BCUT2D eigenvalue weighted by Gasteiger charge is 2.42. The first-order valence-electron chi connectivity index (χ1n) is 9.28. The molecule has 0 fully saturated rings. The molecule has 2 aromatic carbocycles. The fourth-order valence-corrected chi connectivity index (χ4v) is 4.05. The van der Waals surface area contributed by atoms with E-state index in [0.29, 0.717) is 28.2 Å². The third-order valence-corrected chi connectivity index (χ3v) is 5.75. The Bertz CT molecular complexity index is 1040. The Morgan fingerprint density at radius 3 is 2.46 bits per heavy atom. The van der Waals surface area contributed by atoms with Gasteiger partial charge in [-0.1, -0.05) is 72.9 Å². The minimum Gasteiger partial charge on any atom is -0.326 e. The van der Waals surface area contributed by atoms with E-state index in [1.54, 1.807) is 6.07 Å². The second kappa shape index (κ2) is 7.26. The number of halogens is 2. The number of hydrogen-bond donors (Lipinski definition) is 1. The van der Waals surface area contributed by atoms with Crippen LogP contribution >= 0.6 is 23.2 Å². The summed E-state index contributed by atoms with van der Waals surface area (Å²) in [6, 6.07) is 13.5. The van der Waals surface area contributed by atoms with E-state index in [1.807, 2.05) is 48.2 Å². The normalized spacial score (nSPS) is 16.1. The van der Waals surface area contributed by atoms with Crippen LogP contribution in [0, 0.1) is 12.8 Å². The summed E-state index contributed by atoms with van der Waals surface area (Å²) in [5.74, 6) is 0.291. The number of H-pyrrole nitrogens is 1. The minimum atomic E-state index is -0.255. The molecule has 4 nitrogen and oxygen atoms in total. The number of aromatic nitrogens is 2. The average Bonchev–Trinajstić information content (AvgIpc) is 3.18. The van der Waals surface area contributed by atoms with Gasteiger partial charge in [0.25, 0.3) is 5.91 Å². The van der Waals surface area contributed by atoms with Gasteiger partial charge in [0.15, 0.2) is 0 Å². The Hall–Kier alpha value is -2.30. The summed E-state index contributed by atoms with van der Waals surface area (Å²) in [5.41, 5.74) is 5.32. The number of nitrogens with zero attached hydrogens (tertiary/aromatic N) is 2. The molecule has 0 saturated heterocycles. The standard InChI is InChI=1S/C22H21Cl2N3O/c1-12(2)11-27-21(15-8-9-16(23)17(24)10-15)18-19(25-26-20(18)22(27)28)14-6-4-13(3)5-7-14/h4-10,12,21H,11H2,1-3H3,(H,25,26). The molecule has 6 heteroatoms. The van der Waals surface area contributed by atoms with E-state index in [9.17, 15) is 4.79 Å². The lowest BCUT2D eigenvalue weighted by atomic mass is 9.95. The summed E-state index contributed by atoms with van der Waals surface area (Å²) in [5, 5.41) is 8.44. The number of rotatable bonds is 4. The highest BCUT2D eigenvalue weighted by atomic mass is 35.5. The van der Waals surface area contributed by atoms with Gasteiger partial charge in [-0.3, -0.25) is 9.89 Å². The topological polar surface area (TPSA) is 49.0 Å². The van der Waals surface area contributed by atoms with Gasteiger partial charge in [0, 0.05) is 17.7 Å².